The fraction of sp³-hybridized carbons (Fsp3) is 0.385. The average Bonchev–Trinajstić information content (AvgIpc) is 3.00. The highest BCUT2D eigenvalue weighted by atomic mass is 35.5. The number of aliphatic imine (C=N–C) groups is 1. The van der Waals surface area contributed by atoms with Crippen molar-refractivity contribution in [1.82, 2.24) is 0 Å². The SMILES string of the molecule is CC.CCc1c(OC)cccc1[C@H]1SCC2=NCC(C)=C(C(F)(F)F)N2c2ccc(Cl)cc21.O=CO. The lowest BCUT2D eigenvalue weighted by molar-refractivity contribution is -0.122. The van der Waals surface area contributed by atoms with Crippen LogP contribution in [0.3, 0.4) is 0 Å². The Morgan fingerprint density at radius 3 is 2.50 bits per heavy atom. The molecule has 5 nitrogen and oxygen atoms in total. The van der Waals surface area contributed by atoms with Crippen molar-refractivity contribution in [3.8, 4) is 5.75 Å². The van der Waals surface area contributed by atoms with Crippen LogP contribution < -0.4 is 9.64 Å². The van der Waals surface area contributed by atoms with E-state index in [1.165, 1.54) is 11.8 Å². The van der Waals surface area contributed by atoms with Gasteiger partial charge < -0.3 is 9.84 Å². The molecule has 0 aliphatic carbocycles. The zero-order valence-electron chi connectivity index (χ0n) is 20.8. The van der Waals surface area contributed by atoms with Crippen LogP contribution in [0.25, 0.3) is 0 Å². The molecule has 0 fully saturated rings. The van der Waals surface area contributed by atoms with Gasteiger partial charge in [0.15, 0.2) is 0 Å². The lowest BCUT2D eigenvalue weighted by Gasteiger charge is -2.34. The number of carbonyl (C=O) groups is 1. The molecule has 0 unspecified atom stereocenters. The van der Waals surface area contributed by atoms with E-state index in [1.54, 1.807) is 37.1 Å². The first kappa shape index (κ1) is 29.6. The van der Waals surface area contributed by atoms with Crippen LogP contribution in [0.1, 0.15) is 49.6 Å². The maximum absolute atomic E-state index is 14.1. The van der Waals surface area contributed by atoms with E-state index in [4.69, 9.17) is 26.2 Å². The molecule has 36 heavy (non-hydrogen) atoms. The van der Waals surface area contributed by atoms with Crippen LogP contribution in [0.4, 0.5) is 18.9 Å². The number of hydrogen-bond donors (Lipinski definition) is 1. The van der Waals surface area contributed by atoms with Gasteiger partial charge in [-0.2, -0.15) is 13.2 Å². The minimum atomic E-state index is -4.49. The number of nitrogens with zero attached hydrogens (tertiary/aromatic N) is 2. The number of alkyl halides is 3. The number of rotatable bonds is 3. The number of benzene rings is 2. The highest BCUT2D eigenvalue weighted by Crippen LogP contribution is 2.49. The smallest absolute Gasteiger partial charge is 0.431 e. The van der Waals surface area contributed by atoms with E-state index >= 15 is 0 Å². The van der Waals surface area contributed by atoms with E-state index in [2.05, 4.69) is 4.99 Å². The van der Waals surface area contributed by atoms with Gasteiger partial charge in [-0.15, -0.1) is 11.8 Å². The minimum Gasteiger partial charge on any atom is -0.496 e. The standard InChI is InChI=1S/C23H22ClF3N2OS.C2H6.CH2O2/c1-4-15-16(6-5-7-19(15)30-3)21-17-10-14(24)8-9-18(17)29-20(12-31-21)28-11-13(2)22(29)23(25,26)27;1-2;2-1-3/h5-10,21H,4,11-12H2,1-3H3;1-2H3;1H,(H,2,3)/t21-;;/m1../s1. The highest BCUT2D eigenvalue weighted by molar-refractivity contribution is 8.00. The fourth-order valence-electron chi connectivity index (χ4n) is 4.26. The van der Waals surface area contributed by atoms with Crippen molar-refractivity contribution < 1.29 is 27.8 Å². The summed E-state index contributed by atoms with van der Waals surface area (Å²) in [4.78, 5) is 14.1. The summed E-state index contributed by atoms with van der Waals surface area (Å²) in [5.41, 5.74) is 2.82. The molecule has 0 amide bonds. The third-order valence-electron chi connectivity index (χ3n) is 5.57. The Kier molecular flexibility index (Phi) is 10.7. The number of fused-ring (bicyclic) bond motifs is 3. The van der Waals surface area contributed by atoms with Gasteiger partial charge in [0.2, 0.25) is 0 Å². The van der Waals surface area contributed by atoms with Gasteiger partial charge in [0.1, 0.15) is 17.3 Å². The van der Waals surface area contributed by atoms with Gasteiger partial charge in [-0.1, -0.05) is 44.5 Å². The summed E-state index contributed by atoms with van der Waals surface area (Å²) in [7, 11) is 1.63. The summed E-state index contributed by atoms with van der Waals surface area (Å²) in [5.74, 6) is 1.54. The van der Waals surface area contributed by atoms with Crippen LogP contribution >= 0.6 is 23.4 Å². The minimum absolute atomic E-state index is 0.0498. The first-order valence-corrected chi connectivity index (χ1v) is 12.9. The van der Waals surface area contributed by atoms with Crippen LogP contribution in [0, 0.1) is 0 Å². The van der Waals surface area contributed by atoms with Gasteiger partial charge in [0.25, 0.3) is 6.47 Å². The van der Waals surface area contributed by atoms with Crippen molar-refractivity contribution in [2.75, 3.05) is 24.3 Å². The van der Waals surface area contributed by atoms with E-state index in [1.807, 2.05) is 39.0 Å². The van der Waals surface area contributed by atoms with E-state index < -0.39 is 11.9 Å². The number of anilines is 1. The highest BCUT2D eigenvalue weighted by Gasteiger charge is 2.45. The number of carboxylic acid groups (broad SMARTS) is 1. The molecule has 10 heteroatoms. The van der Waals surface area contributed by atoms with Gasteiger partial charge >= 0.3 is 6.18 Å². The van der Waals surface area contributed by atoms with Crippen LogP contribution in [0.2, 0.25) is 5.02 Å². The molecule has 1 N–H and O–H groups in total. The second-order valence-electron chi connectivity index (χ2n) is 7.58. The third-order valence-corrected chi connectivity index (χ3v) is 7.07. The molecule has 0 aromatic heterocycles. The second kappa shape index (κ2) is 13.1. The van der Waals surface area contributed by atoms with Crippen LogP contribution in [-0.4, -0.2) is 43.0 Å². The summed E-state index contributed by atoms with van der Waals surface area (Å²) >= 11 is 7.89. The van der Waals surface area contributed by atoms with E-state index in [0.717, 1.165) is 28.9 Å². The molecule has 2 aromatic rings. The average molecular weight is 543 g/mol. The zero-order valence-corrected chi connectivity index (χ0v) is 22.4. The zero-order chi connectivity index (χ0) is 27.0. The second-order valence-corrected chi connectivity index (χ2v) is 9.11. The Morgan fingerprint density at radius 2 is 1.92 bits per heavy atom. The van der Waals surface area contributed by atoms with Gasteiger partial charge in [-0.25, -0.2) is 0 Å². The largest absolute Gasteiger partial charge is 0.496 e. The predicted molar refractivity (Wildman–Crippen MR) is 142 cm³/mol. The monoisotopic (exact) mass is 542 g/mol. The Labute approximate surface area is 219 Å². The van der Waals surface area contributed by atoms with Crippen molar-refractivity contribution in [3.63, 3.8) is 0 Å². The molecule has 2 aliphatic rings. The lowest BCUT2D eigenvalue weighted by atomic mass is 9.95. The maximum atomic E-state index is 14.1. The molecule has 196 valence electrons. The first-order chi connectivity index (χ1) is 17.2. The molecular formula is C26H30ClF3N2O3S. The summed E-state index contributed by atoms with van der Waals surface area (Å²) in [6.07, 6.45) is -3.75. The van der Waals surface area contributed by atoms with Crippen molar-refractivity contribution in [1.29, 1.82) is 0 Å². The molecule has 0 radical (unpaired) electrons. The third kappa shape index (κ3) is 6.18. The molecule has 1 atom stereocenters. The van der Waals surface area contributed by atoms with Crippen molar-refractivity contribution in [2.45, 2.75) is 45.5 Å². The van der Waals surface area contributed by atoms with E-state index in [-0.39, 0.29) is 23.8 Å². The van der Waals surface area contributed by atoms with Crippen LogP contribution in [0.5, 0.6) is 5.75 Å². The Balaban J connectivity index is 0.000000850. The Bertz CT molecular complexity index is 1140. The van der Waals surface area contributed by atoms with E-state index in [0.29, 0.717) is 22.3 Å². The summed E-state index contributed by atoms with van der Waals surface area (Å²) < 4.78 is 47.9. The first-order valence-electron chi connectivity index (χ1n) is 11.4. The van der Waals surface area contributed by atoms with Crippen molar-refractivity contribution in [2.24, 2.45) is 4.99 Å². The number of ether oxygens (including phenoxy) is 1. The molecular weight excluding hydrogens is 513 g/mol. The number of hydrogen-bond acceptors (Lipinski definition) is 5. The molecule has 2 aromatic carbocycles. The van der Waals surface area contributed by atoms with Gasteiger partial charge in [0, 0.05) is 5.02 Å². The summed E-state index contributed by atoms with van der Waals surface area (Å²) in [5, 5.41) is 7.17. The van der Waals surface area contributed by atoms with Crippen molar-refractivity contribution >= 4 is 41.4 Å². The van der Waals surface area contributed by atoms with Crippen LogP contribution in [0.15, 0.2) is 52.7 Å². The van der Waals surface area contributed by atoms with Crippen molar-refractivity contribution in [3.05, 3.63) is 69.4 Å². The lowest BCUT2D eigenvalue weighted by Crippen LogP contribution is -2.41. The number of halogens is 4. The number of methoxy groups -OCH3 is 1. The molecule has 0 bridgehead atoms. The fourth-order valence-corrected chi connectivity index (χ4v) is 5.74. The molecule has 0 saturated heterocycles. The summed E-state index contributed by atoms with van der Waals surface area (Å²) in [6.45, 7) is 7.34. The molecule has 2 aliphatic heterocycles. The van der Waals surface area contributed by atoms with Gasteiger partial charge in [-0.3, -0.25) is 14.7 Å². The Morgan fingerprint density at radius 1 is 1.25 bits per heavy atom. The summed E-state index contributed by atoms with van der Waals surface area (Å²) in [6, 6.07) is 10.9. The Hall–Kier alpha value is -2.65. The molecule has 2 heterocycles. The maximum Gasteiger partial charge on any atom is 0.431 e. The topological polar surface area (TPSA) is 62.1 Å². The molecule has 0 spiro atoms. The number of thioether (sulfide) groups is 1. The van der Waals surface area contributed by atoms with Gasteiger partial charge in [0.05, 0.1) is 30.3 Å². The molecule has 0 saturated carbocycles. The normalized spacial score (nSPS) is 16.8. The van der Waals surface area contributed by atoms with E-state index in [9.17, 15) is 13.2 Å². The molecule has 4 rings (SSSR count). The number of amidine groups is 1. The van der Waals surface area contributed by atoms with Crippen LogP contribution in [-0.2, 0) is 11.2 Å². The van der Waals surface area contributed by atoms with Gasteiger partial charge in [-0.05, 0) is 59.9 Å². The number of allylic oxidation sites excluding steroid dienone is 1. The quantitative estimate of drug-likeness (QED) is 0.406. The predicted octanol–water partition coefficient (Wildman–Crippen LogP) is 7.53.